The summed E-state index contributed by atoms with van der Waals surface area (Å²) < 4.78 is 18.3. The molecule has 6 heteroatoms. The zero-order chi connectivity index (χ0) is 15.7. The van der Waals surface area contributed by atoms with Crippen molar-refractivity contribution in [1.82, 2.24) is 5.01 Å². The van der Waals surface area contributed by atoms with E-state index >= 15 is 0 Å². The van der Waals surface area contributed by atoms with Crippen LogP contribution in [0.4, 0.5) is 4.39 Å². The van der Waals surface area contributed by atoms with Gasteiger partial charge < -0.3 is 4.74 Å². The van der Waals surface area contributed by atoms with Gasteiger partial charge in [0, 0.05) is 12.1 Å². The second kappa shape index (κ2) is 6.23. The molecule has 0 N–H and O–H groups in total. The van der Waals surface area contributed by atoms with Gasteiger partial charge in [-0.25, -0.2) is 4.39 Å². The van der Waals surface area contributed by atoms with Gasteiger partial charge in [0.15, 0.2) is 0 Å². The van der Waals surface area contributed by atoms with Crippen molar-refractivity contribution in [3.05, 3.63) is 33.8 Å². The molecule has 0 aromatic heterocycles. The normalized spacial score (nSPS) is 23.4. The maximum Gasteiger partial charge on any atom is 0.124 e. The van der Waals surface area contributed by atoms with E-state index in [0.29, 0.717) is 10.6 Å². The molecule has 2 aliphatic heterocycles. The van der Waals surface area contributed by atoms with E-state index in [9.17, 15) is 4.39 Å². The minimum atomic E-state index is -0.510. The maximum atomic E-state index is 12.5. The van der Waals surface area contributed by atoms with E-state index in [-0.39, 0.29) is 18.8 Å². The fourth-order valence-corrected chi connectivity index (χ4v) is 3.41. The Hall–Kier alpha value is -1.64. The number of nitriles is 1. The highest BCUT2D eigenvalue weighted by Crippen LogP contribution is 2.33. The number of benzene rings is 1. The average Bonchev–Trinajstić information content (AvgIpc) is 3.09. The summed E-state index contributed by atoms with van der Waals surface area (Å²) >= 11 is 6.26. The summed E-state index contributed by atoms with van der Waals surface area (Å²) in [6.07, 6.45) is 1.83. The zero-order valence-electron chi connectivity index (χ0n) is 12.4. The first-order valence-electron chi connectivity index (χ1n) is 7.39. The van der Waals surface area contributed by atoms with Gasteiger partial charge in [-0.2, -0.15) is 10.4 Å². The van der Waals surface area contributed by atoms with Crippen molar-refractivity contribution in [2.24, 2.45) is 5.10 Å². The van der Waals surface area contributed by atoms with Gasteiger partial charge in [0.1, 0.15) is 18.8 Å². The van der Waals surface area contributed by atoms with E-state index in [1.807, 2.05) is 18.0 Å². The fraction of sp³-hybridized carbons (Fsp3) is 0.500. The number of ether oxygens (including phenoxy) is 1. The molecule has 0 amide bonds. The van der Waals surface area contributed by atoms with Crippen molar-refractivity contribution < 1.29 is 9.13 Å². The number of rotatable bonds is 4. The molecule has 116 valence electrons. The fourth-order valence-electron chi connectivity index (χ4n) is 3.20. The van der Waals surface area contributed by atoms with E-state index in [1.165, 1.54) is 0 Å². The molecule has 2 atom stereocenters. The van der Waals surface area contributed by atoms with Crippen LogP contribution in [0.3, 0.4) is 0 Å². The molecule has 0 aliphatic carbocycles. The molecule has 0 saturated carbocycles. The second-order valence-electron chi connectivity index (χ2n) is 5.55. The van der Waals surface area contributed by atoms with E-state index < -0.39 is 6.67 Å². The standard InChI is InChI=1S/C16H17ClFN3O/c1-10-12(5-4-11(9-19)14(10)17)15-16(22-8-6-18)13-3-2-7-21(13)20-15/h4-5,13,16H,2-3,6-8H2,1H3. The van der Waals surface area contributed by atoms with E-state index in [1.54, 1.807) is 6.07 Å². The van der Waals surface area contributed by atoms with Crippen molar-refractivity contribution in [3.63, 3.8) is 0 Å². The molecule has 0 bridgehead atoms. The van der Waals surface area contributed by atoms with Gasteiger partial charge in [0.05, 0.1) is 28.9 Å². The van der Waals surface area contributed by atoms with Crippen molar-refractivity contribution >= 4 is 17.3 Å². The van der Waals surface area contributed by atoms with Crippen LogP contribution in [-0.4, -0.2) is 42.7 Å². The van der Waals surface area contributed by atoms with Crippen molar-refractivity contribution in [2.75, 3.05) is 19.8 Å². The highest BCUT2D eigenvalue weighted by atomic mass is 35.5. The molecule has 2 heterocycles. The summed E-state index contributed by atoms with van der Waals surface area (Å²) in [7, 11) is 0. The highest BCUT2D eigenvalue weighted by molar-refractivity contribution is 6.33. The van der Waals surface area contributed by atoms with Gasteiger partial charge in [-0.1, -0.05) is 17.7 Å². The third-order valence-corrected chi connectivity index (χ3v) is 4.77. The number of hydrogen-bond acceptors (Lipinski definition) is 4. The summed E-state index contributed by atoms with van der Waals surface area (Å²) in [6.45, 7) is 2.32. The van der Waals surface area contributed by atoms with E-state index in [2.05, 4.69) is 11.2 Å². The molecular weight excluding hydrogens is 305 g/mol. The Morgan fingerprint density at radius 1 is 1.55 bits per heavy atom. The Bertz CT molecular complexity index is 656. The van der Waals surface area contributed by atoms with Crippen LogP contribution in [0, 0.1) is 18.3 Å². The first-order chi connectivity index (χ1) is 10.7. The Kier molecular flexibility index (Phi) is 4.32. The number of nitrogens with zero attached hydrogens (tertiary/aromatic N) is 3. The quantitative estimate of drug-likeness (QED) is 0.856. The third-order valence-electron chi connectivity index (χ3n) is 4.28. The molecule has 1 fully saturated rings. The second-order valence-corrected chi connectivity index (χ2v) is 5.93. The Morgan fingerprint density at radius 3 is 3.09 bits per heavy atom. The van der Waals surface area contributed by atoms with Crippen LogP contribution in [-0.2, 0) is 4.74 Å². The van der Waals surface area contributed by atoms with Gasteiger partial charge in [-0.15, -0.1) is 0 Å². The first-order valence-corrected chi connectivity index (χ1v) is 7.77. The molecule has 2 unspecified atom stereocenters. The Morgan fingerprint density at radius 2 is 2.36 bits per heavy atom. The summed E-state index contributed by atoms with van der Waals surface area (Å²) in [4.78, 5) is 0. The van der Waals surface area contributed by atoms with Gasteiger partial charge in [0.2, 0.25) is 0 Å². The molecular formula is C16H17ClFN3O. The van der Waals surface area contributed by atoms with E-state index in [0.717, 1.165) is 36.2 Å². The monoisotopic (exact) mass is 321 g/mol. The SMILES string of the molecule is Cc1c(C2=NN3CCCC3C2OCCF)ccc(C#N)c1Cl. The van der Waals surface area contributed by atoms with Crippen LogP contribution in [0.5, 0.6) is 0 Å². The third kappa shape index (κ3) is 2.47. The van der Waals surface area contributed by atoms with Gasteiger partial charge in [-0.05, 0) is 31.4 Å². The molecule has 3 rings (SSSR count). The maximum absolute atomic E-state index is 12.5. The minimum Gasteiger partial charge on any atom is -0.367 e. The van der Waals surface area contributed by atoms with Crippen molar-refractivity contribution in [1.29, 1.82) is 5.26 Å². The molecule has 2 aliphatic rings. The van der Waals surface area contributed by atoms with Crippen molar-refractivity contribution in [2.45, 2.75) is 31.9 Å². The topological polar surface area (TPSA) is 48.6 Å². The predicted octanol–water partition coefficient (Wildman–Crippen LogP) is 3.06. The lowest BCUT2D eigenvalue weighted by atomic mass is 9.95. The molecule has 4 nitrogen and oxygen atoms in total. The first kappa shape index (κ1) is 15.3. The zero-order valence-corrected chi connectivity index (χ0v) is 13.1. The smallest absolute Gasteiger partial charge is 0.124 e. The Balaban J connectivity index is 1.99. The molecule has 0 spiro atoms. The number of alkyl halides is 1. The number of halogens is 2. The summed E-state index contributed by atoms with van der Waals surface area (Å²) in [5.74, 6) is 0. The van der Waals surface area contributed by atoms with Crippen LogP contribution < -0.4 is 0 Å². The molecule has 22 heavy (non-hydrogen) atoms. The molecule has 0 radical (unpaired) electrons. The van der Waals surface area contributed by atoms with Crippen LogP contribution in [0.25, 0.3) is 0 Å². The number of hydrogen-bond donors (Lipinski definition) is 0. The molecule has 1 aromatic carbocycles. The van der Waals surface area contributed by atoms with E-state index in [4.69, 9.17) is 21.6 Å². The summed E-state index contributed by atoms with van der Waals surface area (Å²) in [5, 5.41) is 16.2. The lowest BCUT2D eigenvalue weighted by molar-refractivity contribution is 0.0493. The van der Waals surface area contributed by atoms with Gasteiger partial charge in [-0.3, -0.25) is 5.01 Å². The van der Waals surface area contributed by atoms with Gasteiger partial charge in [0.25, 0.3) is 0 Å². The largest absolute Gasteiger partial charge is 0.367 e. The van der Waals surface area contributed by atoms with Crippen molar-refractivity contribution in [3.8, 4) is 6.07 Å². The van der Waals surface area contributed by atoms with Gasteiger partial charge >= 0.3 is 0 Å². The summed E-state index contributed by atoms with van der Waals surface area (Å²) in [5.41, 5.74) is 2.93. The van der Waals surface area contributed by atoms with Crippen LogP contribution in [0.2, 0.25) is 5.02 Å². The number of hydrazone groups is 1. The lowest BCUT2D eigenvalue weighted by Crippen LogP contribution is -2.36. The molecule has 1 saturated heterocycles. The minimum absolute atomic E-state index is 0.0666. The number of fused-ring (bicyclic) bond motifs is 1. The van der Waals surface area contributed by atoms with Crippen LogP contribution >= 0.6 is 11.6 Å². The van der Waals surface area contributed by atoms with Crippen LogP contribution in [0.1, 0.15) is 29.5 Å². The molecule has 1 aromatic rings. The average molecular weight is 322 g/mol. The van der Waals surface area contributed by atoms with Crippen LogP contribution in [0.15, 0.2) is 17.2 Å². The highest BCUT2D eigenvalue weighted by Gasteiger charge is 2.41. The summed E-state index contributed by atoms with van der Waals surface area (Å²) in [6, 6.07) is 5.80. The predicted molar refractivity (Wildman–Crippen MR) is 82.9 cm³/mol. The lowest BCUT2D eigenvalue weighted by Gasteiger charge is -2.21. The Labute approximate surface area is 134 Å².